The third-order valence-electron chi connectivity index (χ3n) is 4.32. The summed E-state index contributed by atoms with van der Waals surface area (Å²) in [5.74, 6) is 0. The molecule has 2 rings (SSSR count). The van der Waals surface area contributed by atoms with E-state index in [1.165, 1.54) is 0 Å². The number of rotatable bonds is 12. The monoisotopic (exact) mass is 362 g/mol. The summed E-state index contributed by atoms with van der Waals surface area (Å²) in [5.41, 5.74) is 0.284. The Morgan fingerprint density at radius 3 is 1.52 bits per heavy atom. The fourth-order valence-corrected chi connectivity index (χ4v) is 12.4. The van der Waals surface area contributed by atoms with Crippen molar-refractivity contribution >= 4 is 16.6 Å². The summed E-state index contributed by atoms with van der Waals surface area (Å²) >= 11 is 0. The lowest BCUT2D eigenvalue weighted by atomic mass is 10.5. The van der Waals surface area contributed by atoms with E-state index in [0.29, 0.717) is 13.2 Å². The van der Waals surface area contributed by atoms with Crippen LogP contribution in [0.1, 0.15) is 26.7 Å². The molecule has 7 heteroatoms. The van der Waals surface area contributed by atoms with Gasteiger partial charge >= 0.3 is 0 Å². The molecule has 0 aromatic heterocycles. The Labute approximate surface area is 143 Å². The van der Waals surface area contributed by atoms with Gasteiger partial charge in [-0.2, -0.15) is 0 Å². The van der Waals surface area contributed by atoms with Gasteiger partial charge in [-0.25, -0.2) is 0 Å². The van der Waals surface area contributed by atoms with Crippen LogP contribution in [0.2, 0.25) is 26.2 Å². The van der Waals surface area contributed by atoms with Gasteiger partial charge in [-0.3, -0.25) is 0 Å². The number of hydrogen-bond acceptors (Lipinski definition) is 5. The maximum absolute atomic E-state index is 6.78. The average molecular weight is 363 g/mol. The van der Waals surface area contributed by atoms with Crippen molar-refractivity contribution in [2.24, 2.45) is 0 Å². The second kappa shape index (κ2) is 8.08. The van der Waals surface area contributed by atoms with Crippen LogP contribution < -0.4 is 0 Å². The minimum atomic E-state index is -2.22. The van der Waals surface area contributed by atoms with Crippen LogP contribution in [0.4, 0.5) is 0 Å². The summed E-state index contributed by atoms with van der Waals surface area (Å²) in [7, 11) is -3.91. The van der Waals surface area contributed by atoms with Gasteiger partial charge in [0.05, 0.1) is 37.9 Å². The molecule has 0 radical (unpaired) electrons. The summed E-state index contributed by atoms with van der Waals surface area (Å²) in [4.78, 5) is 0. The van der Waals surface area contributed by atoms with Gasteiger partial charge in [0.2, 0.25) is 8.32 Å². The Bertz CT molecular complexity index is 342. The van der Waals surface area contributed by atoms with Crippen molar-refractivity contribution in [3.63, 3.8) is 0 Å². The summed E-state index contributed by atoms with van der Waals surface area (Å²) in [6.07, 6.45) is 2.49. The van der Waals surface area contributed by atoms with E-state index in [2.05, 4.69) is 40.0 Å². The third-order valence-corrected chi connectivity index (χ3v) is 12.2. The first kappa shape index (κ1) is 19.6. The van der Waals surface area contributed by atoms with Crippen molar-refractivity contribution in [3.8, 4) is 0 Å². The van der Waals surface area contributed by atoms with Crippen LogP contribution in [0, 0.1) is 0 Å². The van der Waals surface area contributed by atoms with E-state index in [0.717, 1.165) is 26.1 Å². The standard InChI is InChI=1S/C16H34O5Si2/c1-7-15(19-11-13-9-17-13)23(6,21-22(3,4)5)16(8-2)20-12-14-10-18-14/h13-16H,7-12H2,1-6H3. The zero-order chi connectivity index (χ0) is 17.1. The first-order valence-corrected chi connectivity index (χ1v) is 14.9. The molecule has 136 valence electrons. The maximum atomic E-state index is 6.78. The number of epoxide rings is 2. The molecule has 2 saturated heterocycles. The molecule has 0 aromatic carbocycles. The lowest BCUT2D eigenvalue weighted by Crippen LogP contribution is -2.63. The van der Waals surface area contributed by atoms with Gasteiger partial charge in [0, 0.05) is 0 Å². The molecule has 0 aromatic rings. The smallest absolute Gasteiger partial charge is 0.235 e. The fraction of sp³-hybridized carbons (Fsp3) is 1.00. The Hall–Kier alpha value is 0.234. The number of hydrogen-bond donors (Lipinski definition) is 0. The predicted octanol–water partition coefficient (Wildman–Crippen LogP) is 2.88. The van der Waals surface area contributed by atoms with E-state index < -0.39 is 16.6 Å². The fourth-order valence-electron chi connectivity index (χ4n) is 3.15. The van der Waals surface area contributed by atoms with Gasteiger partial charge in [-0.05, 0) is 39.0 Å². The highest BCUT2D eigenvalue weighted by Gasteiger charge is 2.49. The Morgan fingerprint density at radius 2 is 1.26 bits per heavy atom. The van der Waals surface area contributed by atoms with Crippen molar-refractivity contribution in [1.82, 2.24) is 0 Å². The quantitative estimate of drug-likeness (QED) is 0.395. The molecular weight excluding hydrogens is 328 g/mol. The molecule has 0 aliphatic carbocycles. The lowest BCUT2D eigenvalue weighted by molar-refractivity contribution is 0.0384. The molecule has 0 N–H and O–H groups in total. The summed E-state index contributed by atoms with van der Waals surface area (Å²) < 4.78 is 29.9. The van der Waals surface area contributed by atoms with Crippen molar-refractivity contribution in [2.45, 2.75) is 76.5 Å². The van der Waals surface area contributed by atoms with Crippen LogP contribution in [0.3, 0.4) is 0 Å². The van der Waals surface area contributed by atoms with Crippen LogP contribution >= 0.6 is 0 Å². The second-order valence-electron chi connectivity index (χ2n) is 7.77. The van der Waals surface area contributed by atoms with Gasteiger partial charge in [-0.1, -0.05) is 13.8 Å². The van der Waals surface area contributed by atoms with E-state index in [1.54, 1.807) is 0 Å². The largest absolute Gasteiger partial charge is 0.453 e. The highest BCUT2D eigenvalue weighted by Crippen LogP contribution is 2.30. The Morgan fingerprint density at radius 1 is 0.870 bits per heavy atom. The highest BCUT2D eigenvalue weighted by atomic mass is 28.4. The SMILES string of the molecule is CCC(OCC1CO1)[Si](C)(O[Si](C)(C)C)C(CC)OCC1CO1. The van der Waals surface area contributed by atoms with Crippen molar-refractivity contribution in [1.29, 1.82) is 0 Å². The molecule has 0 spiro atoms. The minimum absolute atomic E-state index is 0.142. The van der Waals surface area contributed by atoms with E-state index in [-0.39, 0.29) is 23.7 Å². The zero-order valence-electron chi connectivity index (χ0n) is 15.6. The molecule has 23 heavy (non-hydrogen) atoms. The summed E-state index contributed by atoms with van der Waals surface area (Å²) in [6, 6.07) is 0. The van der Waals surface area contributed by atoms with Crippen LogP contribution in [0.25, 0.3) is 0 Å². The predicted molar refractivity (Wildman–Crippen MR) is 95.6 cm³/mol. The van der Waals surface area contributed by atoms with Crippen LogP contribution in [0.5, 0.6) is 0 Å². The summed E-state index contributed by atoms with van der Waals surface area (Å²) in [5, 5.41) is 0. The van der Waals surface area contributed by atoms with E-state index in [4.69, 9.17) is 23.1 Å². The molecule has 0 amide bonds. The van der Waals surface area contributed by atoms with E-state index in [9.17, 15) is 0 Å². The van der Waals surface area contributed by atoms with Crippen LogP contribution in [-0.2, 0) is 23.1 Å². The van der Waals surface area contributed by atoms with Crippen LogP contribution in [0.15, 0.2) is 0 Å². The van der Waals surface area contributed by atoms with Gasteiger partial charge in [0.1, 0.15) is 12.2 Å². The topological polar surface area (TPSA) is 52.8 Å². The summed E-state index contributed by atoms with van der Waals surface area (Å²) in [6.45, 7) is 16.5. The van der Waals surface area contributed by atoms with Crippen molar-refractivity contribution in [2.75, 3.05) is 26.4 Å². The number of ether oxygens (including phenoxy) is 4. The van der Waals surface area contributed by atoms with Crippen LogP contribution in [-0.4, -0.2) is 66.7 Å². The first-order valence-electron chi connectivity index (χ1n) is 8.95. The third kappa shape index (κ3) is 6.23. The van der Waals surface area contributed by atoms with Gasteiger partial charge in [-0.15, -0.1) is 0 Å². The molecule has 4 atom stereocenters. The molecule has 2 aliphatic heterocycles. The molecule has 0 bridgehead atoms. The molecule has 0 saturated carbocycles. The minimum Gasteiger partial charge on any atom is -0.453 e. The molecule has 2 heterocycles. The molecule has 2 aliphatic rings. The Balaban J connectivity index is 2.08. The molecular formula is C16H34O5Si2. The first-order chi connectivity index (χ1) is 10.8. The van der Waals surface area contributed by atoms with E-state index >= 15 is 0 Å². The Kier molecular flexibility index (Phi) is 6.87. The van der Waals surface area contributed by atoms with Gasteiger partial charge in [0.25, 0.3) is 0 Å². The second-order valence-corrected chi connectivity index (χ2v) is 16.5. The lowest BCUT2D eigenvalue weighted by Gasteiger charge is -2.44. The highest BCUT2D eigenvalue weighted by molar-refractivity contribution is 6.86. The van der Waals surface area contributed by atoms with Crippen molar-refractivity contribution in [3.05, 3.63) is 0 Å². The molecule has 5 nitrogen and oxygen atoms in total. The van der Waals surface area contributed by atoms with Crippen molar-refractivity contribution < 1.29 is 23.1 Å². The van der Waals surface area contributed by atoms with Gasteiger partial charge in [0.15, 0.2) is 8.32 Å². The van der Waals surface area contributed by atoms with E-state index in [1.807, 2.05) is 0 Å². The average Bonchev–Trinajstić information content (AvgIpc) is 3.33. The maximum Gasteiger partial charge on any atom is 0.235 e. The molecule has 2 fully saturated rings. The normalized spacial score (nSPS) is 29.0. The zero-order valence-corrected chi connectivity index (χ0v) is 17.6. The van der Waals surface area contributed by atoms with Gasteiger partial charge < -0.3 is 23.1 Å². The molecule has 4 unspecified atom stereocenters.